The van der Waals surface area contributed by atoms with Crippen molar-refractivity contribution in [2.45, 2.75) is 12.3 Å². The monoisotopic (exact) mass is 267 g/mol. The summed E-state index contributed by atoms with van der Waals surface area (Å²) in [4.78, 5) is 0. The summed E-state index contributed by atoms with van der Waals surface area (Å²) in [7, 11) is 1.68. The van der Waals surface area contributed by atoms with Crippen LogP contribution in [-0.4, -0.2) is 13.7 Å². The average molecular weight is 268 g/mol. The molecule has 0 saturated heterocycles. The number of ether oxygens (including phenoxy) is 1. The fourth-order valence-corrected chi connectivity index (χ4v) is 2.06. The molecule has 1 heterocycles. The second-order valence-electron chi connectivity index (χ2n) is 3.89. The van der Waals surface area contributed by atoms with E-state index in [0.29, 0.717) is 6.54 Å². The van der Waals surface area contributed by atoms with E-state index >= 15 is 0 Å². The quantitative estimate of drug-likeness (QED) is 0.905. The first kappa shape index (κ1) is 14.6. The van der Waals surface area contributed by atoms with E-state index in [4.69, 9.17) is 14.9 Å². The summed E-state index contributed by atoms with van der Waals surface area (Å²) in [6.07, 6.45) is 2.53. The van der Waals surface area contributed by atoms with Crippen LogP contribution in [0.5, 0.6) is 5.75 Å². The molecule has 1 aromatic heterocycles. The zero-order valence-electron chi connectivity index (χ0n) is 10.3. The van der Waals surface area contributed by atoms with Crippen molar-refractivity contribution >= 4 is 12.4 Å². The number of methoxy groups -OCH3 is 1. The highest BCUT2D eigenvalue weighted by Crippen LogP contribution is 2.33. The molecule has 0 fully saturated rings. The van der Waals surface area contributed by atoms with Crippen molar-refractivity contribution < 1.29 is 9.15 Å². The molecule has 0 aliphatic rings. The van der Waals surface area contributed by atoms with Gasteiger partial charge in [0.15, 0.2) is 0 Å². The van der Waals surface area contributed by atoms with E-state index < -0.39 is 0 Å². The Kier molecular flexibility index (Phi) is 5.75. The van der Waals surface area contributed by atoms with Gasteiger partial charge < -0.3 is 14.9 Å². The van der Waals surface area contributed by atoms with Gasteiger partial charge in [0, 0.05) is 11.5 Å². The standard InChI is InChI=1S/C14H17NO2.ClH/c1-16-13-6-3-2-5-11(13)12(8-9-15)14-7-4-10-17-14;/h2-7,10,12H,8-9,15H2,1H3;1H. The predicted molar refractivity (Wildman–Crippen MR) is 74.5 cm³/mol. The van der Waals surface area contributed by atoms with Gasteiger partial charge in [-0.3, -0.25) is 0 Å². The Morgan fingerprint density at radius 2 is 2.00 bits per heavy atom. The molecule has 18 heavy (non-hydrogen) atoms. The molecule has 2 N–H and O–H groups in total. The van der Waals surface area contributed by atoms with Gasteiger partial charge >= 0.3 is 0 Å². The summed E-state index contributed by atoms with van der Waals surface area (Å²) in [6.45, 7) is 0.614. The Morgan fingerprint density at radius 3 is 2.61 bits per heavy atom. The molecule has 4 heteroatoms. The number of benzene rings is 1. The van der Waals surface area contributed by atoms with E-state index in [-0.39, 0.29) is 18.3 Å². The van der Waals surface area contributed by atoms with Gasteiger partial charge in [-0.15, -0.1) is 12.4 Å². The zero-order chi connectivity index (χ0) is 12.1. The van der Waals surface area contributed by atoms with Gasteiger partial charge in [0.1, 0.15) is 11.5 Å². The highest BCUT2D eigenvalue weighted by atomic mass is 35.5. The van der Waals surface area contributed by atoms with Gasteiger partial charge in [-0.2, -0.15) is 0 Å². The third-order valence-electron chi connectivity index (χ3n) is 2.86. The summed E-state index contributed by atoms with van der Waals surface area (Å²) >= 11 is 0. The summed E-state index contributed by atoms with van der Waals surface area (Å²) in [5.74, 6) is 1.97. The lowest BCUT2D eigenvalue weighted by atomic mass is 9.92. The number of rotatable bonds is 5. The first-order valence-electron chi connectivity index (χ1n) is 5.73. The molecule has 2 rings (SSSR count). The van der Waals surface area contributed by atoms with Crippen LogP contribution in [0.4, 0.5) is 0 Å². The minimum atomic E-state index is 0. The van der Waals surface area contributed by atoms with Crippen molar-refractivity contribution in [2.24, 2.45) is 5.73 Å². The van der Waals surface area contributed by atoms with Gasteiger partial charge in [0.2, 0.25) is 0 Å². The maximum absolute atomic E-state index is 5.68. The van der Waals surface area contributed by atoms with Gasteiger partial charge in [0.25, 0.3) is 0 Å². The van der Waals surface area contributed by atoms with Crippen LogP contribution < -0.4 is 10.5 Å². The number of halogens is 1. The van der Waals surface area contributed by atoms with Crippen molar-refractivity contribution in [1.82, 2.24) is 0 Å². The molecule has 1 atom stereocenters. The van der Waals surface area contributed by atoms with Crippen molar-refractivity contribution in [3.63, 3.8) is 0 Å². The summed E-state index contributed by atoms with van der Waals surface area (Å²) in [6, 6.07) is 11.9. The first-order valence-corrected chi connectivity index (χ1v) is 5.73. The fraction of sp³-hybridized carbons (Fsp3) is 0.286. The Labute approximate surface area is 113 Å². The van der Waals surface area contributed by atoms with Gasteiger partial charge in [-0.05, 0) is 31.2 Å². The van der Waals surface area contributed by atoms with E-state index in [2.05, 4.69) is 6.07 Å². The minimum absolute atomic E-state index is 0. The lowest BCUT2D eigenvalue weighted by molar-refractivity contribution is 0.400. The van der Waals surface area contributed by atoms with Crippen molar-refractivity contribution in [3.05, 3.63) is 54.0 Å². The minimum Gasteiger partial charge on any atom is -0.496 e. The molecular formula is C14H18ClNO2. The molecule has 0 radical (unpaired) electrons. The maximum Gasteiger partial charge on any atom is 0.122 e. The fourth-order valence-electron chi connectivity index (χ4n) is 2.06. The van der Waals surface area contributed by atoms with Crippen LogP contribution in [-0.2, 0) is 0 Å². The van der Waals surface area contributed by atoms with Crippen molar-refractivity contribution in [1.29, 1.82) is 0 Å². The number of furan rings is 1. The van der Waals surface area contributed by atoms with E-state index in [9.17, 15) is 0 Å². The summed E-state index contributed by atoms with van der Waals surface area (Å²) < 4.78 is 10.9. The highest BCUT2D eigenvalue weighted by Gasteiger charge is 2.19. The van der Waals surface area contributed by atoms with E-state index in [1.165, 1.54) is 0 Å². The average Bonchev–Trinajstić information content (AvgIpc) is 2.89. The van der Waals surface area contributed by atoms with Crippen LogP contribution in [0.15, 0.2) is 47.1 Å². The van der Waals surface area contributed by atoms with Crippen LogP contribution in [0.25, 0.3) is 0 Å². The van der Waals surface area contributed by atoms with Crippen molar-refractivity contribution in [2.75, 3.05) is 13.7 Å². The topological polar surface area (TPSA) is 48.4 Å². The smallest absolute Gasteiger partial charge is 0.122 e. The molecule has 0 bridgehead atoms. The molecule has 3 nitrogen and oxygen atoms in total. The number of para-hydroxylation sites is 1. The van der Waals surface area contributed by atoms with Gasteiger partial charge in [0.05, 0.1) is 13.4 Å². The van der Waals surface area contributed by atoms with Crippen LogP contribution in [0, 0.1) is 0 Å². The first-order chi connectivity index (χ1) is 8.36. The van der Waals surface area contributed by atoms with E-state index in [1.807, 2.05) is 30.3 Å². The largest absolute Gasteiger partial charge is 0.496 e. The molecule has 1 aromatic carbocycles. The molecule has 0 aliphatic carbocycles. The van der Waals surface area contributed by atoms with Crippen LogP contribution >= 0.6 is 12.4 Å². The Morgan fingerprint density at radius 1 is 1.22 bits per heavy atom. The second kappa shape index (κ2) is 7.09. The third kappa shape index (κ3) is 3.06. The van der Waals surface area contributed by atoms with Crippen LogP contribution in [0.1, 0.15) is 23.7 Å². The lowest BCUT2D eigenvalue weighted by Gasteiger charge is -2.17. The van der Waals surface area contributed by atoms with E-state index in [0.717, 1.165) is 23.5 Å². The van der Waals surface area contributed by atoms with E-state index in [1.54, 1.807) is 13.4 Å². The molecule has 98 valence electrons. The number of hydrogen-bond acceptors (Lipinski definition) is 3. The van der Waals surface area contributed by atoms with Gasteiger partial charge in [-0.25, -0.2) is 0 Å². The van der Waals surface area contributed by atoms with Crippen molar-refractivity contribution in [3.8, 4) is 5.75 Å². The molecule has 2 aromatic rings. The summed E-state index contributed by atoms with van der Waals surface area (Å²) in [5, 5.41) is 0. The molecule has 0 amide bonds. The molecule has 1 unspecified atom stereocenters. The second-order valence-corrected chi connectivity index (χ2v) is 3.89. The maximum atomic E-state index is 5.68. The molecule has 0 aliphatic heterocycles. The Hall–Kier alpha value is -1.45. The highest BCUT2D eigenvalue weighted by molar-refractivity contribution is 5.85. The lowest BCUT2D eigenvalue weighted by Crippen LogP contribution is -2.09. The third-order valence-corrected chi connectivity index (χ3v) is 2.86. The molecule has 0 spiro atoms. The Balaban J connectivity index is 0.00000162. The zero-order valence-corrected chi connectivity index (χ0v) is 11.2. The van der Waals surface area contributed by atoms with Gasteiger partial charge in [-0.1, -0.05) is 18.2 Å². The SMILES string of the molecule is COc1ccccc1C(CCN)c1ccco1.Cl. The van der Waals surface area contributed by atoms with Crippen LogP contribution in [0.3, 0.4) is 0 Å². The molecule has 0 saturated carbocycles. The predicted octanol–water partition coefficient (Wildman–Crippen LogP) is 3.19. The number of nitrogens with two attached hydrogens (primary N) is 1. The Bertz CT molecular complexity index is 457. The molecular weight excluding hydrogens is 250 g/mol. The number of hydrogen-bond donors (Lipinski definition) is 1. The normalized spacial score (nSPS) is 11.7. The van der Waals surface area contributed by atoms with Crippen LogP contribution in [0.2, 0.25) is 0 Å². The summed E-state index contributed by atoms with van der Waals surface area (Å²) in [5.41, 5.74) is 6.80.